The van der Waals surface area contributed by atoms with E-state index in [-0.39, 0.29) is 18.4 Å². The molecule has 0 radical (unpaired) electrons. The van der Waals surface area contributed by atoms with Crippen molar-refractivity contribution in [2.45, 2.75) is 32.4 Å². The predicted molar refractivity (Wildman–Crippen MR) is 76.3 cm³/mol. The quantitative estimate of drug-likeness (QED) is 0.790. The summed E-state index contributed by atoms with van der Waals surface area (Å²) in [4.78, 5) is 25.3. The standard InChI is InChI=1S/C16H19NO3/c1-16(2,3)20-15(19)17-11-13(18)9-10-14(17)12-7-5-4-6-8-12/h4-10,14H,11H2,1-3H3. The first-order valence-electron chi connectivity index (χ1n) is 6.62. The minimum absolute atomic E-state index is 0.0466. The van der Waals surface area contributed by atoms with E-state index in [9.17, 15) is 9.59 Å². The first-order chi connectivity index (χ1) is 9.37. The van der Waals surface area contributed by atoms with Crippen molar-refractivity contribution in [1.29, 1.82) is 0 Å². The third kappa shape index (κ3) is 3.47. The van der Waals surface area contributed by atoms with E-state index < -0.39 is 11.7 Å². The van der Waals surface area contributed by atoms with E-state index >= 15 is 0 Å². The van der Waals surface area contributed by atoms with Gasteiger partial charge in [0.25, 0.3) is 0 Å². The van der Waals surface area contributed by atoms with Crippen LogP contribution in [0.15, 0.2) is 42.5 Å². The molecule has 1 aliphatic rings. The van der Waals surface area contributed by atoms with Gasteiger partial charge in [0, 0.05) is 0 Å². The van der Waals surface area contributed by atoms with Crippen LogP contribution in [0.25, 0.3) is 0 Å². The summed E-state index contributed by atoms with van der Waals surface area (Å²) in [5.41, 5.74) is 0.379. The van der Waals surface area contributed by atoms with E-state index in [1.165, 1.54) is 11.0 Å². The zero-order valence-corrected chi connectivity index (χ0v) is 12.0. The summed E-state index contributed by atoms with van der Waals surface area (Å²) < 4.78 is 5.38. The van der Waals surface area contributed by atoms with Gasteiger partial charge < -0.3 is 4.74 Å². The Labute approximate surface area is 119 Å². The number of hydrogen-bond acceptors (Lipinski definition) is 3. The van der Waals surface area contributed by atoms with Crippen molar-refractivity contribution in [1.82, 2.24) is 4.90 Å². The van der Waals surface area contributed by atoms with Crippen LogP contribution in [-0.4, -0.2) is 28.9 Å². The van der Waals surface area contributed by atoms with Gasteiger partial charge in [-0.2, -0.15) is 0 Å². The first kappa shape index (κ1) is 14.3. The fourth-order valence-corrected chi connectivity index (χ4v) is 2.06. The molecule has 0 N–H and O–H groups in total. The normalized spacial score (nSPS) is 19.1. The van der Waals surface area contributed by atoms with E-state index in [1.807, 2.05) is 51.1 Å². The molecule has 0 fully saturated rings. The second-order valence-corrected chi connectivity index (χ2v) is 5.79. The smallest absolute Gasteiger partial charge is 0.411 e. The predicted octanol–water partition coefficient (Wildman–Crippen LogP) is 3.10. The van der Waals surface area contributed by atoms with Gasteiger partial charge in [-0.15, -0.1) is 0 Å². The highest BCUT2D eigenvalue weighted by atomic mass is 16.6. The van der Waals surface area contributed by atoms with Gasteiger partial charge in [0.1, 0.15) is 5.60 Å². The molecule has 4 nitrogen and oxygen atoms in total. The lowest BCUT2D eigenvalue weighted by Crippen LogP contribution is -2.43. The van der Waals surface area contributed by atoms with Crippen molar-refractivity contribution in [3.05, 3.63) is 48.0 Å². The van der Waals surface area contributed by atoms with Crippen LogP contribution in [0.2, 0.25) is 0 Å². The summed E-state index contributed by atoms with van der Waals surface area (Å²) >= 11 is 0. The lowest BCUT2D eigenvalue weighted by atomic mass is 10.0. The van der Waals surface area contributed by atoms with Crippen LogP contribution in [0.1, 0.15) is 32.4 Å². The van der Waals surface area contributed by atoms with E-state index in [0.717, 1.165) is 5.56 Å². The zero-order chi connectivity index (χ0) is 14.8. The van der Waals surface area contributed by atoms with Crippen LogP contribution in [0.4, 0.5) is 4.79 Å². The second kappa shape index (κ2) is 5.49. The van der Waals surface area contributed by atoms with Crippen LogP contribution in [0.3, 0.4) is 0 Å². The van der Waals surface area contributed by atoms with Gasteiger partial charge in [0.2, 0.25) is 0 Å². The van der Waals surface area contributed by atoms with Gasteiger partial charge in [-0.05, 0) is 32.4 Å². The van der Waals surface area contributed by atoms with Crippen molar-refractivity contribution in [3.63, 3.8) is 0 Å². The molecule has 20 heavy (non-hydrogen) atoms. The first-order valence-corrected chi connectivity index (χ1v) is 6.62. The molecule has 0 saturated carbocycles. The summed E-state index contributed by atoms with van der Waals surface area (Å²) in [5, 5.41) is 0. The number of ether oxygens (including phenoxy) is 1. The maximum atomic E-state index is 12.3. The van der Waals surface area contributed by atoms with E-state index in [1.54, 1.807) is 6.08 Å². The molecule has 0 aromatic heterocycles. The Bertz CT molecular complexity index is 528. The van der Waals surface area contributed by atoms with Gasteiger partial charge in [0.05, 0.1) is 12.6 Å². The third-order valence-corrected chi connectivity index (χ3v) is 2.90. The summed E-state index contributed by atoms with van der Waals surface area (Å²) in [6.07, 6.45) is 2.80. The molecule has 106 valence electrons. The van der Waals surface area contributed by atoms with E-state index in [2.05, 4.69) is 0 Å². The molecule has 1 aromatic carbocycles. The Balaban J connectivity index is 2.26. The molecule has 1 heterocycles. The zero-order valence-electron chi connectivity index (χ0n) is 12.0. The number of rotatable bonds is 1. The number of hydrogen-bond donors (Lipinski definition) is 0. The SMILES string of the molecule is CC(C)(C)OC(=O)N1CC(=O)C=CC1c1ccccc1. The number of carbonyl (C=O) groups excluding carboxylic acids is 2. The molecule has 1 atom stereocenters. The summed E-state index contributed by atoms with van der Waals surface area (Å²) in [6.45, 7) is 5.48. The van der Waals surface area contributed by atoms with Crippen molar-refractivity contribution in [2.24, 2.45) is 0 Å². The van der Waals surface area contributed by atoms with Crippen molar-refractivity contribution < 1.29 is 14.3 Å². The Hall–Kier alpha value is -2.10. The molecule has 1 unspecified atom stereocenters. The lowest BCUT2D eigenvalue weighted by molar-refractivity contribution is -0.116. The van der Waals surface area contributed by atoms with Crippen LogP contribution < -0.4 is 0 Å². The van der Waals surface area contributed by atoms with Crippen LogP contribution in [0, 0.1) is 0 Å². The molecule has 1 amide bonds. The van der Waals surface area contributed by atoms with Gasteiger partial charge in [0.15, 0.2) is 5.78 Å². The fourth-order valence-electron chi connectivity index (χ4n) is 2.06. The molecule has 0 spiro atoms. The fraction of sp³-hybridized carbons (Fsp3) is 0.375. The second-order valence-electron chi connectivity index (χ2n) is 5.79. The summed E-state index contributed by atoms with van der Waals surface area (Å²) in [7, 11) is 0. The molecular formula is C16H19NO3. The van der Waals surface area contributed by atoms with E-state index in [0.29, 0.717) is 0 Å². The highest BCUT2D eigenvalue weighted by Gasteiger charge is 2.31. The Morgan fingerprint density at radius 2 is 1.90 bits per heavy atom. The topological polar surface area (TPSA) is 46.6 Å². The molecule has 1 aromatic rings. The monoisotopic (exact) mass is 273 g/mol. The third-order valence-electron chi connectivity index (χ3n) is 2.90. The average Bonchev–Trinajstić information content (AvgIpc) is 2.37. The molecule has 0 aliphatic carbocycles. The maximum absolute atomic E-state index is 12.3. The van der Waals surface area contributed by atoms with Crippen LogP contribution >= 0.6 is 0 Å². The number of benzene rings is 1. The maximum Gasteiger partial charge on any atom is 0.411 e. The number of carbonyl (C=O) groups is 2. The number of amides is 1. The average molecular weight is 273 g/mol. The Kier molecular flexibility index (Phi) is 3.93. The summed E-state index contributed by atoms with van der Waals surface area (Å²) in [5.74, 6) is -0.0944. The molecule has 0 bridgehead atoms. The molecule has 0 saturated heterocycles. The number of ketones is 1. The summed E-state index contributed by atoms with van der Waals surface area (Å²) in [6, 6.07) is 9.34. The van der Waals surface area contributed by atoms with Crippen molar-refractivity contribution in [2.75, 3.05) is 6.54 Å². The van der Waals surface area contributed by atoms with Crippen LogP contribution in [-0.2, 0) is 9.53 Å². The molecule has 4 heteroatoms. The van der Waals surface area contributed by atoms with Gasteiger partial charge in [-0.1, -0.05) is 36.4 Å². The van der Waals surface area contributed by atoms with Crippen molar-refractivity contribution >= 4 is 11.9 Å². The highest BCUT2D eigenvalue weighted by molar-refractivity contribution is 5.94. The number of nitrogens with zero attached hydrogens (tertiary/aromatic N) is 1. The largest absolute Gasteiger partial charge is 0.444 e. The highest BCUT2D eigenvalue weighted by Crippen LogP contribution is 2.26. The van der Waals surface area contributed by atoms with Gasteiger partial charge >= 0.3 is 6.09 Å². The van der Waals surface area contributed by atoms with Crippen molar-refractivity contribution in [3.8, 4) is 0 Å². The minimum Gasteiger partial charge on any atom is -0.444 e. The minimum atomic E-state index is -0.581. The molecular weight excluding hydrogens is 254 g/mol. The van der Waals surface area contributed by atoms with E-state index in [4.69, 9.17) is 4.74 Å². The lowest BCUT2D eigenvalue weighted by Gasteiger charge is -2.33. The van der Waals surface area contributed by atoms with Crippen LogP contribution in [0.5, 0.6) is 0 Å². The van der Waals surface area contributed by atoms with Gasteiger partial charge in [-0.25, -0.2) is 4.79 Å². The molecule has 1 aliphatic heterocycles. The Morgan fingerprint density at radius 3 is 2.50 bits per heavy atom. The Morgan fingerprint density at radius 1 is 1.25 bits per heavy atom. The molecule has 2 rings (SSSR count). The van der Waals surface area contributed by atoms with Gasteiger partial charge in [-0.3, -0.25) is 9.69 Å².